The molecule has 3 rings (SSSR count). The Hall–Kier alpha value is -3.37. The van der Waals surface area contributed by atoms with Crippen LogP contribution in [-0.2, 0) is 17.5 Å². The number of para-hydroxylation sites is 2. The minimum absolute atomic E-state index is 0.0391. The Morgan fingerprint density at radius 1 is 1.07 bits per heavy atom. The Balaban J connectivity index is 1.67. The van der Waals surface area contributed by atoms with E-state index in [1.54, 1.807) is 23.1 Å². The van der Waals surface area contributed by atoms with E-state index >= 15 is 0 Å². The lowest BCUT2D eigenvalue weighted by Crippen LogP contribution is -2.50. The number of hydrogen-bond acceptors (Lipinski definition) is 5. The summed E-state index contributed by atoms with van der Waals surface area (Å²) in [6, 6.07) is 7.72. The number of anilines is 1. The lowest BCUT2D eigenvalue weighted by atomic mass is 10.2. The first-order chi connectivity index (χ1) is 13.7. The summed E-state index contributed by atoms with van der Waals surface area (Å²) in [5, 5.41) is 11.2. The number of halogens is 3. The van der Waals surface area contributed by atoms with Gasteiger partial charge in [-0.2, -0.15) is 13.2 Å². The molecule has 154 valence electrons. The second-order valence-corrected chi connectivity index (χ2v) is 6.50. The average Bonchev–Trinajstić information content (AvgIpc) is 2.69. The Morgan fingerprint density at radius 2 is 1.72 bits per heavy atom. The number of nitrogens with zero attached hydrogens (tertiary/aromatic N) is 4. The highest BCUT2D eigenvalue weighted by molar-refractivity contribution is 5.76. The van der Waals surface area contributed by atoms with Crippen LogP contribution in [0.4, 0.5) is 24.5 Å². The Kier molecular flexibility index (Phi) is 5.57. The van der Waals surface area contributed by atoms with Crippen LogP contribution in [0.25, 0.3) is 0 Å². The summed E-state index contributed by atoms with van der Waals surface area (Å²) in [6.45, 7) is 0.619. The molecule has 0 bridgehead atoms. The molecule has 29 heavy (non-hydrogen) atoms. The predicted octanol–water partition coefficient (Wildman–Crippen LogP) is 2.12. The van der Waals surface area contributed by atoms with Crippen LogP contribution in [0.15, 0.2) is 47.4 Å². The average molecular weight is 410 g/mol. The highest BCUT2D eigenvalue weighted by Gasteiger charge is 2.31. The summed E-state index contributed by atoms with van der Waals surface area (Å²) >= 11 is 0. The molecule has 11 heteroatoms. The molecule has 1 fully saturated rings. The molecule has 1 aliphatic rings. The molecule has 1 aliphatic heterocycles. The highest BCUT2D eigenvalue weighted by atomic mass is 19.4. The third-order valence-electron chi connectivity index (χ3n) is 4.67. The van der Waals surface area contributed by atoms with Crippen molar-refractivity contribution in [2.45, 2.75) is 12.7 Å². The number of nitro groups is 1. The number of amides is 1. The summed E-state index contributed by atoms with van der Waals surface area (Å²) in [4.78, 5) is 38.2. The number of hydrogen-bond donors (Lipinski definition) is 0. The first-order valence-electron chi connectivity index (χ1n) is 8.70. The summed E-state index contributed by atoms with van der Waals surface area (Å²) in [6.07, 6.45) is -3.99. The molecule has 0 saturated carbocycles. The van der Waals surface area contributed by atoms with Crippen molar-refractivity contribution in [3.63, 3.8) is 0 Å². The lowest BCUT2D eigenvalue weighted by Gasteiger charge is -2.35. The van der Waals surface area contributed by atoms with Crippen LogP contribution in [0, 0.1) is 10.1 Å². The zero-order chi connectivity index (χ0) is 21.2. The van der Waals surface area contributed by atoms with Crippen molar-refractivity contribution < 1.29 is 22.9 Å². The van der Waals surface area contributed by atoms with Crippen molar-refractivity contribution in [2.24, 2.45) is 0 Å². The summed E-state index contributed by atoms with van der Waals surface area (Å²) in [5.74, 6) is -0.492. The molecule has 0 unspecified atom stereocenters. The molecule has 8 nitrogen and oxygen atoms in total. The van der Waals surface area contributed by atoms with Crippen LogP contribution in [0.2, 0.25) is 0 Å². The van der Waals surface area contributed by atoms with Gasteiger partial charge in [-0.05, 0) is 12.1 Å². The molecule has 0 radical (unpaired) electrons. The molecule has 0 N–H and O–H groups in total. The van der Waals surface area contributed by atoms with Crippen LogP contribution in [0.5, 0.6) is 0 Å². The van der Waals surface area contributed by atoms with E-state index in [-0.39, 0.29) is 18.8 Å². The third kappa shape index (κ3) is 4.55. The molecule has 0 aliphatic carbocycles. The number of rotatable bonds is 4. The zero-order valence-corrected chi connectivity index (χ0v) is 15.1. The first kappa shape index (κ1) is 20.4. The van der Waals surface area contributed by atoms with Gasteiger partial charge in [-0.25, -0.2) is 0 Å². The van der Waals surface area contributed by atoms with Gasteiger partial charge in [0, 0.05) is 44.5 Å². The molecule has 1 amide bonds. The van der Waals surface area contributed by atoms with Crippen molar-refractivity contribution in [1.29, 1.82) is 0 Å². The molecular weight excluding hydrogens is 393 g/mol. The number of aromatic nitrogens is 1. The minimum atomic E-state index is -4.62. The van der Waals surface area contributed by atoms with Crippen LogP contribution in [-0.4, -0.2) is 46.5 Å². The van der Waals surface area contributed by atoms with Gasteiger partial charge in [0.05, 0.1) is 10.5 Å². The number of pyridine rings is 1. The van der Waals surface area contributed by atoms with Gasteiger partial charge in [0.1, 0.15) is 12.2 Å². The van der Waals surface area contributed by atoms with Crippen LogP contribution in [0.3, 0.4) is 0 Å². The van der Waals surface area contributed by atoms with Crippen LogP contribution >= 0.6 is 0 Å². The van der Waals surface area contributed by atoms with Gasteiger partial charge in [-0.3, -0.25) is 19.7 Å². The molecular formula is C18H17F3N4O4. The van der Waals surface area contributed by atoms with Gasteiger partial charge in [0.25, 0.3) is 11.2 Å². The maximum Gasteiger partial charge on any atom is 0.417 e. The Labute approximate surface area is 162 Å². The van der Waals surface area contributed by atoms with Gasteiger partial charge in [-0.1, -0.05) is 12.1 Å². The van der Waals surface area contributed by atoms with Crippen molar-refractivity contribution in [3.8, 4) is 0 Å². The molecule has 1 saturated heterocycles. The van der Waals surface area contributed by atoms with Crippen molar-refractivity contribution in [3.05, 3.63) is 68.6 Å². The third-order valence-corrected chi connectivity index (χ3v) is 4.67. The van der Waals surface area contributed by atoms with Gasteiger partial charge in [0.15, 0.2) is 0 Å². The molecule has 2 aromatic rings. The van der Waals surface area contributed by atoms with E-state index in [0.717, 1.165) is 10.6 Å². The van der Waals surface area contributed by atoms with Crippen LogP contribution in [0.1, 0.15) is 5.56 Å². The van der Waals surface area contributed by atoms with Gasteiger partial charge >= 0.3 is 6.18 Å². The van der Waals surface area contributed by atoms with E-state index in [0.29, 0.717) is 31.0 Å². The molecule has 0 spiro atoms. The number of nitro benzene ring substituents is 1. The van der Waals surface area contributed by atoms with Crippen molar-refractivity contribution >= 4 is 17.3 Å². The second-order valence-electron chi connectivity index (χ2n) is 6.50. The van der Waals surface area contributed by atoms with E-state index in [1.165, 1.54) is 11.0 Å². The molecule has 2 heterocycles. The van der Waals surface area contributed by atoms with E-state index in [2.05, 4.69) is 0 Å². The second kappa shape index (κ2) is 7.94. The largest absolute Gasteiger partial charge is 0.417 e. The van der Waals surface area contributed by atoms with E-state index in [1.807, 2.05) is 0 Å². The van der Waals surface area contributed by atoms with E-state index < -0.39 is 34.7 Å². The Bertz CT molecular complexity index is 982. The highest BCUT2D eigenvalue weighted by Crippen LogP contribution is 2.29. The maximum atomic E-state index is 12.8. The number of benzene rings is 1. The fourth-order valence-corrected chi connectivity index (χ4v) is 3.15. The topological polar surface area (TPSA) is 88.7 Å². The quantitative estimate of drug-likeness (QED) is 0.569. The summed E-state index contributed by atoms with van der Waals surface area (Å²) in [5.41, 5.74) is -1.31. The van der Waals surface area contributed by atoms with Gasteiger partial charge in [0.2, 0.25) is 5.91 Å². The van der Waals surface area contributed by atoms with E-state index in [9.17, 15) is 32.9 Å². The smallest absolute Gasteiger partial charge is 0.362 e. The first-order valence-corrected chi connectivity index (χ1v) is 8.70. The number of carbonyl (C=O) groups excluding carboxylic acids is 1. The molecule has 1 aromatic heterocycles. The van der Waals surface area contributed by atoms with Gasteiger partial charge < -0.3 is 14.4 Å². The SMILES string of the molecule is O=C(Cn1cc(C(F)(F)F)ccc1=O)N1CCN(c2ccccc2[N+](=O)[O-])CC1. The van der Waals surface area contributed by atoms with Gasteiger partial charge in [-0.15, -0.1) is 0 Å². The Morgan fingerprint density at radius 3 is 2.34 bits per heavy atom. The maximum absolute atomic E-state index is 12.8. The lowest BCUT2D eigenvalue weighted by molar-refractivity contribution is -0.384. The van der Waals surface area contributed by atoms with Crippen molar-refractivity contribution in [1.82, 2.24) is 9.47 Å². The zero-order valence-electron chi connectivity index (χ0n) is 15.1. The fourth-order valence-electron chi connectivity index (χ4n) is 3.15. The van der Waals surface area contributed by atoms with Crippen molar-refractivity contribution in [2.75, 3.05) is 31.1 Å². The summed E-state index contributed by atoms with van der Waals surface area (Å²) < 4.78 is 39.2. The fraction of sp³-hybridized carbons (Fsp3) is 0.333. The predicted molar refractivity (Wildman–Crippen MR) is 97.6 cm³/mol. The summed E-state index contributed by atoms with van der Waals surface area (Å²) in [7, 11) is 0. The number of alkyl halides is 3. The number of carbonyl (C=O) groups is 1. The van der Waals surface area contributed by atoms with E-state index in [4.69, 9.17) is 0 Å². The normalized spacial score (nSPS) is 14.7. The minimum Gasteiger partial charge on any atom is -0.362 e. The molecule has 1 aromatic carbocycles. The van der Waals surface area contributed by atoms with Crippen LogP contribution < -0.4 is 10.5 Å². The standard InChI is InChI=1S/C18H17F3N4O4/c19-18(20,21)13-5-6-16(26)24(11-13)12-17(27)23-9-7-22(8-10-23)14-3-1-2-4-15(14)25(28)29/h1-6,11H,7-10,12H2. The molecule has 0 atom stereocenters. The number of piperazine rings is 1. The monoisotopic (exact) mass is 410 g/mol.